The summed E-state index contributed by atoms with van der Waals surface area (Å²) in [6, 6.07) is 13.9. The van der Waals surface area contributed by atoms with E-state index in [0.717, 1.165) is 11.1 Å². The Balaban J connectivity index is 1.48. The molecule has 1 aliphatic rings. The number of benzene rings is 2. The number of nitrogens with one attached hydrogen (secondary N) is 2. The van der Waals surface area contributed by atoms with Gasteiger partial charge in [0.05, 0.1) is 11.8 Å². The van der Waals surface area contributed by atoms with Crippen molar-refractivity contribution in [1.82, 2.24) is 10.0 Å². The SMILES string of the molecule is C[C@H](NS(=O)(=O)CCc1ccccc1)C(=O)NCc1ccc2c(c1)OCO2. The molecule has 3 rings (SSSR count). The molecule has 27 heavy (non-hydrogen) atoms. The summed E-state index contributed by atoms with van der Waals surface area (Å²) in [5, 5.41) is 2.72. The number of sulfonamides is 1. The Bertz CT molecular complexity index is 900. The third kappa shape index (κ3) is 5.45. The number of hydrogen-bond donors (Lipinski definition) is 2. The molecule has 0 aliphatic carbocycles. The van der Waals surface area contributed by atoms with E-state index >= 15 is 0 Å². The average molecular weight is 390 g/mol. The zero-order valence-corrected chi connectivity index (χ0v) is 15.8. The molecular formula is C19H22N2O5S. The van der Waals surface area contributed by atoms with Gasteiger partial charge in [-0.25, -0.2) is 13.1 Å². The number of fused-ring (bicyclic) bond motifs is 1. The summed E-state index contributed by atoms with van der Waals surface area (Å²) in [5.41, 5.74) is 1.77. The minimum absolute atomic E-state index is 0.0726. The first kappa shape index (κ1) is 19.2. The lowest BCUT2D eigenvalue weighted by Gasteiger charge is -2.14. The topological polar surface area (TPSA) is 93.7 Å². The lowest BCUT2D eigenvalue weighted by atomic mass is 10.2. The molecule has 0 saturated heterocycles. The summed E-state index contributed by atoms with van der Waals surface area (Å²) >= 11 is 0. The normalized spacial score (nSPS) is 14.0. The molecule has 1 amide bonds. The van der Waals surface area contributed by atoms with Crippen LogP contribution in [0, 0.1) is 0 Å². The van der Waals surface area contributed by atoms with Crippen molar-refractivity contribution in [1.29, 1.82) is 0 Å². The van der Waals surface area contributed by atoms with Gasteiger partial charge in [0.1, 0.15) is 0 Å². The molecule has 0 aromatic heterocycles. The predicted octanol–water partition coefficient (Wildman–Crippen LogP) is 1.58. The maximum atomic E-state index is 12.2. The third-order valence-electron chi connectivity index (χ3n) is 4.16. The minimum atomic E-state index is -3.56. The Morgan fingerprint density at radius 2 is 1.81 bits per heavy atom. The highest BCUT2D eigenvalue weighted by molar-refractivity contribution is 7.89. The number of carbonyl (C=O) groups excluding carboxylic acids is 1. The smallest absolute Gasteiger partial charge is 0.238 e. The molecule has 0 unspecified atom stereocenters. The zero-order chi connectivity index (χ0) is 19.3. The fourth-order valence-corrected chi connectivity index (χ4v) is 3.94. The van der Waals surface area contributed by atoms with E-state index in [1.54, 1.807) is 12.1 Å². The number of carbonyl (C=O) groups is 1. The molecule has 1 aliphatic heterocycles. The molecule has 2 aromatic rings. The third-order valence-corrected chi connectivity index (χ3v) is 5.61. The molecule has 2 aromatic carbocycles. The first-order valence-corrected chi connectivity index (χ1v) is 10.3. The molecule has 0 spiro atoms. The van der Waals surface area contributed by atoms with Gasteiger partial charge >= 0.3 is 0 Å². The molecule has 144 valence electrons. The first-order chi connectivity index (χ1) is 12.9. The van der Waals surface area contributed by atoms with Crippen molar-refractivity contribution >= 4 is 15.9 Å². The fraction of sp³-hybridized carbons (Fsp3) is 0.316. The van der Waals surface area contributed by atoms with Crippen LogP contribution in [0.25, 0.3) is 0 Å². The molecule has 1 atom stereocenters. The van der Waals surface area contributed by atoms with Crippen LogP contribution in [0.3, 0.4) is 0 Å². The van der Waals surface area contributed by atoms with Crippen molar-refractivity contribution < 1.29 is 22.7 Å². The minimum Gasteiger partial charge on any atom is -0.454 e. The second-order valence-electron chi connectivity index (χ2n) is 6.30. The van der Waals surface area contributed by atoms with Gasteiger partial charge in [0.15, 0.2) is 11.5 Å². The van der Waals surface area contributed by atoms with Gasteiger partial charge < -0.3 is 14.8 Å². The highest BCUT2D eigenvalue weighted by atomic mass is 32.2. The van der Waals surface area contributed by atoms with Gasteiger partial charge in [-0.2, -0.15) is 0 Å². The average Bonchev–Trinajstić information content (AvgIpc) is 3.13. The van der Waals surface area contributed by atoms with Gasteiger partial charge in [-0.1, -0.05) is 36.4 Å². The second-order valence-corrected chi connectivity index (χ2v) is 8.17. The quantitative estimate of drug-likeness (QED) is 0.714. The lowest BCUT2D eigenvalue weighted by molar-refractivity contribution is -0.122. The first-order valence-electron chi connectivity index (χ1n) is 8.63. The van der Waals surface area contributed by atoms with Crippen LogP contribution in [0.15, 0.2) is 48.5 Å². The van der Waals surface area contributed by atoms with Crippen molar-refractivity contribution in [3.63, 3.8) is 0 Å². The second kappa shape index (κ2) is 8.41. The fourth-order valence-electron chi connectivity index (χ4n) is 2.67. The number of ether oxygens (including phenoxy) is 2. The van der Waals surface area contributed by atoms with Crippen LogP contribution in [0.2, 0.25) is 0 Å². The number of amides is 1. The van der Waals surface area contributed by atoms with Crippen molar-refractivity contribution in [3.05, 3.63) is 59.7 Å². The molecule has 2 N–H and O–H groups in total. The van der Waals surface area contributed by atoms with Gasteiger partial charge in [-0.15, -0.1) is 0 Å². The van der Waals surface area contributed by atoms with Crippen LogP contribution < -0.4 is 19.5 Å². The van der Waals surface area contributed by atoms with Crippen LogP contribution in [-0.4, -0.2) is 32.9 Å². The van der Waals surface area contributed by atoms with E-state index in [1.807, 2.05) is 36.4 Å². The lowest BCUT2D eigenvalue weighted by Crippen LogP contribution is -2.45. The summed E-state index contributed by atoms with van der Waals surface area (Å²) in [6.07, 6.45) is 0.391. The highest BCUT2D eigenvalue weighted by Crippen LogP contribution is 2.32. The van der Waals surface area contributed by atoms with Crippen molar-refractivity contribution in [2.45, 2.75) is 25.9 Å². The monoisotopic (exact) mass is 390 g/mol. The van der Waals surface area contributed by atoms with Crippen LogP contribution in [0.4, 0.5) is 0 Å². The van der Waals surface area contributed by atoms with Gasteiger partial charge in [-0.3, -0.25) is 4.79 Å². The molecule has 0 bridgehead atoms. The maximum absolute atomic E-state index is 12.2. The molecule has 1 heterocycles. The van der Waals surface area contributed by atoms with E-state index in [-0.39, 0.29) is 19.1 Å². The van der Waals surface area contributed by atoms with E-state index in [4.69, 9.17) is 9.47 Å². The Kier molecular flexibility index (Phi) is 5.98. The Morgan fingerprint density at radius 1 is 1.07 bits per heavy atom. The Hall–Kier alpha value is -2.58. The van der Waals surface area contributed by atoms with Crippen molar-refractivity contribution in [2.24, 2.45) is 0 Å². The van der Waals surface area contributed by atoms with Gasteiger partial charge in [0.25, 0.3) is 0 Å². The molecule has 0 fully saturated rings. The molecule has 0 radical (unpaired) electrons. The predicted molar refractivity (Wildman–Crippen MR) is 101 cm³/mol. The van der Waals surface area contributed by atoms with Gasteiger partial charge in [0, 0.05) is 6.54 Å². The summed E-state index contributed by atoms with van der Waals surface area (Å²) in [7, 11) is -3.56. The van der Waals surface area contributed by atoms with E-state index < -0.39 is 22.0 Å². The van der Waals surface area contributed by atoms with Crippen molar-refractivity contribution in [3.8, 4) is 11.5 Å². The van der Waals surface area contributed by atoms with Gasteiger partial charge in [-0.05, 0) is 36.6 Å². The van der Waals surface area contributed by atoms with Crippen LogP contribution >= 0.6 is 0 Å². The Morgan fingerprint density at radius 3 is 2.59 bits per heavy atom. The summed E-state index contributed by atoms with van der Waals surface area (Å²) < 4.78 is 37.4. The van der Waals surface area contributed by atoms with E-state index in [0.29, 0.717) is 17.9 Å². The maximum Gasteiger partial charge on any atom is 0.238 e. The van der Waals surface area contributed by atoms with Crippen LogP contribution in [0.1, 0.15) is 18.1 Å². The number of aryl methyl sites for hydroxylation is 1. The number of hydrogen-bond acceptors (Lipinski definition) is 5. The van der Waals surface area contributed by atoms with E-state index in [2.05, 4.69) is 10.0 Å². The molecule has 0 saturated carbocycles. The number of rotatable bonds is 8. The molecular weight excluding hydrogens is 368 g/mol. The van der Waals surface area contributed by atoms with Crippen molar-refractivity contribution in [2.75, 3.05) is 12.5 Å². The molecule has 8 heteroatoms. The molecule has 7 nitrogen and oxygen atoms in total. The summed E-state index contributed by atoms with van der Waals surface area (Å²) in [5.74, 6) is 0.841. The van der Waals surface area contributed by atoms with E-state index in [1.165, 1.54) is 6.92 Å². The zero-order valence-electron chi connectivity index (χ0n) is 15.0. The largest absolute Gasteiger partial charge is 0.454 e. The van der Waals surface area contributed by atoms with Crippen LogP contribution in [0.5, 0.6) is 11.5 Å². The summed E-state index contributed by atoms with van der Waals surface area (Å²) in [4.78, 5) is 12.2. The highest BCUT2D eigenvalue weighted by Gasteiger charge is 2.20. The van der Waals surface area contributed by atoms with Gasteiger partial charge in [0.2, 0.25) is 22.7 Å². The standard InChI is InChI=1S/C19H22N2O5S/c1-14(21-27(23,24)10-9-15-5-3-2-4-6-15)19(22)20-12-16-7-8-17-18(11-16)26-13-25-17/h2-8,11,14,21H,9-10,12-13H2,1H3,(H,20,22)/t14-/m0/s1. The Labute approximate surface area is 158 Å². The van der Waals surface area contributed by atoms with E-state index in [9.17, 15) is 13.2 Å². The van der Waals surface area contributed by atoms with Crippen LogP contribution in [-0.2, 0) is 27.8 Å². The summed E-state index contributed by atoms with van der Waals surface area (Å²) in [6.45, 7) is 1.98.